The Morgan fingerprint density at radius 1 is 0.367 bits per heavy atom. The largest absolute Gasteiger partial charge is 0.455 e. The van der Waals surface area contributed by atoms with Crippen LogP contribution in [0.3, 0.4) is 0 Å². The minimum atomic E-state index is 0.605. The lowest BCUT2D eigenvalue weighted by Gasteiger charge is -2.11. The van der Waals surface area contributed by atoms with Gasteiger partial charge in [-0.1, -0.05) is 146 Å². The summed E-state index contributed by atoms with van der Waals surface area (Å²) in [6.45, 7) is 0. The van der Waals surface area contributed by atoms with Crippen molar-refractivity contribution in [1.29, 1.82) is 0 Å². The van der Waals surface area contributed by atoms with Crippen LogP contribution in [-0.4, -0.2) is 15.0 Å². The molecule has 2 heterocycles. The molecular formula is C45H27N3O. The highest BCUT2D eigenvalue weighted by molar-refractivity contribution is 6.22. The second-order valence-electron chi connectivity index (χ2n) is 12.4. The molecule has 4 heteroatoms. The van der Waals surface area contributed by atoms with E-state index in [1.165, 1.54) is 21.5 Å². The van der Waals surface area contributed by atoms with Crippen LogP contribution in [0.15, 0.2) is 168 Å². The van der Waals surface area contributed by atoms with Gasteiger partial charge in [0.05, 0.1) is 0 Å². The Bertz CT molecular complexity index is 2820. The molecule has 0 N–H and O–H groups in total. The third kappa shape index (κ3) is 4.49. The van der Waals surface area contributed by atoms with Crippen molar-refractivity contribution >= 4 is 54.3 Å². The van der Waals surface area contributed by atoms with Gasteiger partial charge >= 0.3 is 0 Å². The van der Waals surface area contributed by atoms with Crippen LogP contribution >= 0.6 is 0 Å². The van der Waals surface area contributed by atoms with Crippen molar-refractivity contribution in [3.05, 3.63) is 164 Å². The highest BCUT2D eigenvalue weighted by atomic mass is 16.3. The van der Waals surface area contributed by atoms with Gasteiger partial charge in [-0.05, 0) is 56.1 Å². The predicted octanol–water partition coefficient (Wildman–Crippen LogP) is 11.9. The molecule has 0 aliphatic rings. The zero-order chi connectivity index (χ0) is 32.3. The summed E-state index contributed by atoms with van der Waals surface area (Å²) in [6.07, 6.45) is 0. The number of aromatic nitrogens is 3. The van der Waals surface area contributed by atoms with Crippen LogP contribution in [0.5, 0.6) is 0 Å². The molecule has 4 nitrogen and oxygen atoms in total. The number of hydrogen-bond acceptors (Lipinski definition) is 4. The van der Waals surface area contributed by atoms with E-state index in [1.54, 1.807) is 0 Å². The topological polar surface area (TPSA) is 51.8 Å². The summed E-state index contributed by atoms with van der Waals surface area (Å²) in [7, 11) is 0. The van der Waals surface area contributed by atoms with E-state index in [9.17, 15) is 0 Å². The number of nitrogens with zero attached hydrogens (tertiary/aromatic N) is 3. The molecule has 2 aromatic heterocycles. The Kier molecular flexibility index (Phi) is 6.15. The van der Waals surface area contributed by atoms with Gasteiger partial charge in [0.15, 0.2) is 17.5 Å². The van der Waals surface area contributed by atoms with E-state index < -0.39 is 0 Å². The van der Waals surface area contributed by atoms with E-state index in [4.69, 9.17) is 19.4 Å². The first kappa shape index (κ1) is 27.5. The van der Waals surface area contributed by atoms with Crippen LogP contribution < -0.4 is 0 Å². The van der Waals surface area contributed by atoms with Crippen molar-refractivity contribution in [1.82, 2.24) is 15.0 Å². The van der Waals surface area contributed by atoms with E-state index in [0.29, 0.717) is 17.5 Å². The SMILES string of the molecule is c1ccc(-c2nc(-c3ccccc3)nc(-c3cccc4oc5c(-c6ccc7c(ccc8ccccc87)c6)c6ccccc6cc5c34)n2)cc1. The number of rotatable bonds is 4. The van der Waals surface area contributed by atoms with E-state index >= 15 is 0 Å². The third-order valence-electron chi connectivity index (χ3n) is 9.48. The number of benzene rings is 8. The Morgan fingerprint density at radius 2 is 0.959 bits per heavy atom. The maximum Gasteiger partial charge on any atom is 0.164 e. The van der Waals surface area contributed by atoms with Gasteiger partial charge in [0, 0.05) is 33.0 Å². The molecule has 8 aromatic carbocycles. The van der Waals surface area contributed by atoms with Crippen molar-refractivity contribution in [2.24, 2.45) is 0 Å². The van der Waals surface area contributed by atoms with Crippen molar-refractivity contribution in [2.75, 3.05) is 0 Å². The molecule has 10 rings (SSSR count). The first-order chi connectivity index (χ1) is 24.3. The Morgan fingerprint density at radius 3 is 1.71 bits per heavy atom. The summed E-state index contributed by atoms with van der Waals surface area (Å²) in [5.41, 5.74) is 6.61. The van der Waals surface area contributed by atoms with Gasteiger partial charge in [-0.3, -0.25) is 0 Å². The highest BCUT2D eigenvalue weighted by Crippen LogP contribution is 2.44. The molecule has 10 aromatic rings. The first-order valence-electron chi connectivity index (χ1n) is 16.4. The summed E-state index contributed by atoms with van der Waals surface area (Å²) >= 11 is 0. The minimum absolute atomic E-state index is 0.605. The zero-order valence-electron chi connectivity index (χ0n) is 26.3. The maximum absolute atomic E-state index is 6.85. The third-order valence-corrected chi connectivity index (χ3v) is 9.48. The van der Waals surface area contributed by atoms with Crippen LogP contribution in [0.2, 0.25) is 0 Å². The molecule has 0 amide bonds. The molecule has 0 unspecified atom stereocenters. The Labute approximate surface area is 282 Å². The van der Waals surface area contributed by atoms with Crippen LogP contribution in [-0.2, 0) is 0 Å². The predicted molar refractivity (Wildman–Crippen MR) is 201 cm³/mol. The summed E-state index contributed by atoms with van der Waals surface area (Å²) in [5.74, 6) is 1.86. The minimum Gasteiger partial charge on any atom is -0.455 e. The average Bonchev–Trinajstić information content (AvgIpc) is 3.55. The summed E-state index contributed by atoms with van der Waals surface area (Å²) in [4.78, 5) is 15.1. The normalized spacial score (nSPS) is 11.7. The van der Waals surface area contributed by atoms with Crippen LogP contribution in [0.25, 0.3) is 99.5 Å². The van der Waals surface area contributed by atoms with Gasteiger partial charge in [0.2, 0.25) is 0 Å². The Balaban J connectivity index is 1.25. The van der Waals surface area contributed by atoms with E-state index in [2.05, 4.69) is 91.0 Å². The lowest BCUT2D eigenvalue weighted by molar-refractivity contribution is 0.670. The van der Waals surface area contributed by atoms with E-state index in [0.717, 1.165) is 60.5 Å². The summed E-state index contributed by atoms with van der Waals surface area (Å²) in [6, 6.07) is 56.9. The maximum atomic E-state index is 6.85. The van der Waals surface area contributed by atoms with Gasteiger partial charge in [0.1, 0.15) is 11.2 Å². The van der Waals surface area contributed by atoms with E-state index in [1.807, 2.05) is 72.8 Å². The average molecular weight is 626 g/mol. The molecule has 0 aliphatic carbocycles. The van der Waals surface area contributed by atoms with Crippen molar-refractivity contribution < 1.29 is 4.42 Å². The molecule has 228 valence electrons. The van der Waals surface area contributed by atoms with Crippen molar-refractivity contribution in [3.63, 3.8) is 0 Å². The van der Waals surface area contributed by atoms with Gasteiger partial charge < -0.3 is 4.42 Å². The zero-order valence-corrected chi connectivity index (χ0v) is 26.3. The van der Waals surface area contributed by atoms with Crippen LogP contribution in [0, 0.1) is 0 Å². The molecule has 0 atom stereocenters. The van der Waals surface area contributed by atoms with Gasteiger partial charge in [-0.25, -0.2) is 15.0 Å². The molecule has 0 radical (unpaired) electrons. The fourth-order valence-electron chi connectivity index (χ4n) is 7.19. The number of hydrogen-bond donors (Lipinski definition) is 0. The molecule has 0 aliphatic heterocycles. The molecule has 0 saturated carbocycles. The molecule has 0 bridgehead atoms. The molecular weight excluding hydrogens is 599 g/mol. The fourth-order valence-corrected chi connectivity index (χ4v) is 7.19. The second kappa shape index (κ2) is 11.0. The standard InChI is InChI=1S/C45H27N3O/c1-3-13-29(14-4-1)43-46-44(30-15-5-2-6-16-30)48-45(47-43)37-20-11-21-39-41(37)38-27-31-17-8-10-19-36(31)40(42(38)49-39)33-24-25-35-32(26-33)23-22-28-12-7-9-18-34(28)35/h1-27H. The highest BCUT2D eigenvalue weighted by Gasteiger charge is 2.21. The van der Waals surface area contributed by atoms with Crippen LogP contribution in [0.1, 0.15) is 0 Å². The van der Waals surface area contributed by atoms with Gasteiger partial charge in [-0.2, -0.15) is 0 Å². The Hall–Kier alpha value is -6.65. The number of fused-ring (bicyclic) bond motifs is 7. The van der Waals surface area contributed by atoms with E-state index in [-0.39, 0.29) is 0 Å². The smallest absolute Gasteiger partial charge is 0.164 e. The monoisotopic (exact) mass is 625 g/mol. The van der Waals surface area contributed by atoms with Gasteiger partial charge in [0.25, 0.3) is 0 Å². The number of furan rings is 1. The molecule has 0 saturated heterocycles. The quantitative estimate of drug-likeness (QED) is 0.183. The second-order valence-corrected chi connectivity index (χ2v) is 12.4. The molecule has 0 fully saturated rings. The lowest BCUT2D eigenvalue weighted by Crippen LogP contribution is -2.00. The molecule has 49 heavy (non-hydrogen) atoms. The van der Waals surface area contributed by atoms with Crippen LogP contribution in [0.4, 0.5) is 0 Å². The summed E-state index contributed by atoms with van der Waals surface area (Å²) < 4.78 is 6.85. The fraction of sp³-hybridized carbons (Fsp3) is 0. The van der Waals surface area contributed by atoms with Crippen molar-refractivity contribution in [3.8, 4) is 45.3 Å². The molecule has 0 spiro atoms. The van der Waals surface area contributed by atoms with Crippen molar-refractivity contribution in [2.45, 2.75) is 0 Å². The summed E-state index contributed by atoms with van der Waals surface area (Å²) in [5, 5.41) is 9.24. The first-order valence-corrected chi connectivity index (χ1v) is 16.4. The van der Waals surface area contributed by atoms with Gasteiger partial charge in [-0.15, -0.1) is 0 Å². The lowest BCUT2D eigenvalue weighted by atomic mass is 9.92.